The number of carbonyl (C=O) groups is 3. The van der Waals surface area contributed by atoms with Gasteiger partial charge in [-0.25, -0.2) is 9.59 Å². The highest BCUT2D eigenvalue weighted by Gasteiger charge is 2.30. The molecule has 1 aliphatic carbocycles. The highest BCUT2D eigenvalue weighted by atomic mass is 16.5. The second-order valence-corrected chi connectivity index (χ2v) is 8.22. The van der Waals surface area contributed by atoms with E-state index in [0.29, 0.717) is 6.42 Å². The molecule has 0 radical (unpaired) electrons. The number of aliphatic carboxylic acids is 1. The number of carboxylic acid groups (broad SMARTS) is 1. The summed E-state index contributed by atoms with van der Waals surface area (Å²) in [7, 11) is 0. The van der Waals surface area contributed by atoms with Gasteiger partial charge in [0.2, 0.25) is 5.91 Å². The molecule has 0 saturated heterocycles. The van der Waals surface area contributed by atoms with Gasteiger partial charge in [-0.3, -0.25) is 4.79 Å². The summed E-state index contributed by atoms with van der Waals surface area (Å²) in [6, 6.07) is 14.1. The van der Waals surface area contributed by atoms with Crippen LogP contribution >= 0.6 is 0 Å². The first kappa shape index (κ1) is 22.3. The number of hydrogen-bond donors (Lipinski definition) is 3. The minimum atomic E-state index is -1.10. The number of carboxylic acids is 1. The Morgan fingerprint density at radius 1 is 0.935 bits per heavy atom. The molecular weight excluding hydrogens is 396 g/mol. The third-order valence-corrected chi connectivity index (χ3v) is 5.39. The lowest BCUT2D eigenvalue weighted by atomic mass is 9.98. The van der Waals surface area contributed by atoms with Crippen molar-refractivity contribution in [2.24, 2.45) is 5.92 Å². The Bertz CT molecular complexity index is 926. The fourth-order valence-electron chi connectivity index (χ4n) is 3.87. The highest BCUT2D eigenvalue weighted by molar-refractivity contribution is 5.89. The van der Waals surface area contributed by atoms with Crippen LogP contribution in [0.25, 0.3) is 11.1 Å². The number of benzene rings is 2. The summed E-state index contributed by atoms with van der Waals surface area (Å²) in [6.45, 7) is 5.38. The van der Waals surface area contributed by atoms with Gasteiger partial charge < -0.3 is 20.5 Å². The number of fused-ring (bicyclic) bond motifs is 3. The van der Waals surface area contributed by atoms with E-state index in [0.717, 1.165) is 22.3 Å². The van der Waals surface area contributed by atoms with E-state index in [1.807, 2.05) is 50.2 Å². The van der Waals surface area contributed by atoms with Crippen LogP contribution in [0.3, 0.4) is 0 Å². The Morgan fingerprint density at radius 2 is 1.48 bits per heavy atom. The smallest absolute Gasteiger partial charge is 0.407 e. The summed E-state index contributed by atoms with van der Waals surface area (Å²) >= 11 is 0. The van der Waals surface area contributed by atoms with Crippen LogP contribution in [0.1, 0.15) is 44.2 Å². The van der Waals surface area contributed by atoms with Gasteiger partial charge in [-0.05, 0) is 41.5 Å². The zero-order chi connectivity index (χ0) is 22.5. The molecule has 7 heteroatoms. The van der Waals surface area contributed by atoms with Crippen LogP contribution in [-0.2, 0) is 14.3 Å². The predicted molar refractivity (Wildman–Crippen MR) is 117 cm³/mol. The molecule has 0 spiro atoms. The third kappa shape index (κ3) is 5.23. The van der Waals surface area contributed by atoms with E-state index in [-0.39, 0.29) is 18.4 Å². The molecule has 3 rings (SSSR count). The zero-order valence-corrected chi connectivity index (χ0v) is 17.9. The summed E-state index contributed by atoms with van der Waals surface area (Å²) in [5.41, 5.74) is 4.45. The molecule has 2 aromatic rings. The first-order chi connectivity index (χ1) is 14.8. The van der Waals surface area contributed by atoms with E-state index >= 15 is 0 Å². The minimum Gasteiger partial charge on any atom is -0.480 e. The molecule has 3 N–H and O–H groups in total. The van der Waals surface area contributed by atoms with Gasteiger partial charge in [-0.1, -0.05) is 62.4 Å². The predicted octanol–water partition coefficient (Wildman–Crippen LogP) is 3.53. The fraction of sp³-hybridized carbons (Fsp3) is 0.375. The molecule has 31 heavy (non-hydrogen) atoms. The first-order valence-corrected chi connectivity index (χ1v) is 10.4. The van der Waals surface area contributed by atoms with Gasteiger partial charge in [0.1, 0.15) is 18.7 Å². The number of hydrogen-bond acceptors (Lipinski definition) is 4. The fourth-order valence-corrected chi connectivity index (χ4v) is 3.87. The second kappa shape index (κ2) is 9.64. The number of nitrogens with one attached hydrogen (secondary N) is 2. The van der Waals surface area contributed by atoms with Crippen LogP contribution in [0.2, 0.25) is 0 Å². The van der Waals surface area contributed by atoms with Crippen molar-refractivity contribution >= 4 is 18.0 Å². The number of alkyl carbamates (subject to hydrolysis) is 1. The molecule has 0 unspecified atom stereocenters. The van der Waals surface area contributed by atoms with Gasteiger partial charge in [0.05, 0.1) is 0 Å². The van der Waals surface area contributed by atoms with E-state index in [1.54, 1.807) is 0 Å². The number of rotatable bonds is 8. The SMILES string of the molecule is CC(C)C[C@H](NC(=O)[C@@H](C)NC(=O)OCC1c2ccccc2-c2ccccc21)C(=O)O. The van der Waals surface area contributed by atoms with Crippen molar-refractivity contribution < 1.29 is 24.2 Å². The maximum atomic E-state index is 12.3. The lowest BCUT2D eigenvalue weighted by Gasteiger charge is -2.20. The van der Waals surface area contributed by atoms with E-state index < -0.39 is 30.1 Å². The lowest BCUT2D eigenvalue weighted by Crippen LogP contribution is -2.50. The van der Waals surface area contributed by atoms with Crippen molar-refractivity contribution in [2.75, 3.05) is 6.61 Å². The molecule has 164 valence electrons. The van der Waals surface area contributed by atoms with Crippen molar-refractivity contribution in [3.63, 3.8) is 0 Å². The molecule has 7 nitrogen and oxygen atoms in total. The summed E-state index contributed by atoms with van der Waals surface area (Å²) in [6.07, 6.45) is -0.418. The molecule has 0 bridgehead atoms. The average molecular weight is 424 g/mol. The molecule has 0 heterocycles. The summed E-state index contributed by atoms with van der Waals surface area (Å²) in [4.78, 5) is 36.0. The third-order valence-electron chi connectivity index (χ3n) is 5.39. The maximum absolute atomic E-state index is 12.3. The zero-order valence-electron chi connectivity index (χ0n) is 17.9. The van der Waals surface area contributed by atoms with Gasteiger partial charge in [-0.15, -0.1) is 0 Å². The largest absolute Gasteiger partial charge is 0.480 e. The average Bonchev–Trinajstić information content (AvgIpc) is 3.05. The Morgan fingerprint density at radius 3 is 2.00 bits per heavy atom. The van der Waals surface area contributed by atoms with E-state index in [2.05, 4.69) is 22.8 Å². The van der Waals surface area contributed by atoms with Crippen molar-refractivity contribution in [2.45, 2.75) is 45.2 Å². The maximum Gasteiger partial charge on any atom is 0.407 e. The quantitative estimate of drug-likeness (QED) is 0.601. The van der Waals surface area contributed by atoms with Crippen LogP contribution in [0, 0.1) is 5.92 Å². The van der Waals surface area contributed by atoms with Crippen LogP contribution < -0.4 is 10.6 Å². The molecule has 1 aliphatic rings. The van der Waals surface area contributed by atoms with Crippen LogP contribution in [0.4, 0.5) is 4.79 Å². The molecule has 2 amide bonds. The normalized spacial score (nSPS) is 14.3. The van der Waals surface area contributed by atoms with E-state index in [9.17, 15) is 19.5 Å². The van der Waals surface area contributed by atoms with Gasteiger partial charge in [0, 0.05) is 5.92 Å². The molecule has 0 aliphatic heterocycles. The topological polar surface area (TPSA) is 105 Å². The number of carbonyl (C=O) groups excluding carboxylic acids is 2. The second-order valence-electron chi connectivity index (χ2n) is 8.22. The van der Waals surface area contributed by atoms with Crippen molar-refractivity contribution in [3.8, 4) is 11.1 Å². The molecule has 2 atom stereocenters. The standard InChI is InChI=1S/C24H28N2O5/c1-14(2)12-21(23(28)29)26-22(27)15(3)25-24(30)31-13-20-18-10-6-4-8-16(18)17-9-5-7-11-19(17)20/h4-11,14-15,20-21H,12-13H2,1-3H3,(H,25,30)(H,26,27)(H,28,29)/t15-,21+/m1/s1. The van der Waals surface area contributed by atoms with Crippen LogP contribution in [0.5, 0.6) is 0 Å². The lowest BCUT2D eigenvalue weighted by molar-refractivity contribution is -0.142. The molecule has 0 saturated carbocycles. The summed E-state index contributed by atoms with van der Waals surface area (Å²) in [5, 5.41) is 14.2. The van der Waals surface area contributed by atoms with Crippen molar-refractivity contribution in [1.82, 2.24) is 10.6 Å². The van der Waals surface area contributed by atoms with Gasteiger partial charge in [0.15, 0.2) is 0 Å². The molecule has 0 aromatic heterocycles. The number of amides is 2. The molecular formula is C24H28N2O5. The summed E-state index contributed by atoms with van der Waals surface area (Å²) in [5.74, 6) is -1.64. The van der Waals surface area contributed by atoms with Crippen molar-refractivity contribution in [1.29, 1.82) is 0 Å². The minimum absolute atomic E-state index is 0.0790. The van der Waals surface area contributed by atoms with Gasteiger partial charge >= 0.3 is 12.1 Å². The van der Waals surface area contributed by atoms with Crippen LogP contribution in [0.15, 0.2) is 48.5 Å². The molecule has 2 aromatic carbocycles. The Labute approximate surface area is 181 Å². The molecule has 0 fully saturated rings. The van der Waals surface area contributed by atoms with E-state index in [4.69, 9.17) is 4.74 Å². The monoisotopic (exact) mass is 424 g/mol. The number of ether oxygens (including phenoxy) is 1. The van der Waals surface area contributed by atoms with Crippen LogP contribution in [-0.4, -0.2) is 41.8 Å². The van der Waals surface area contributed by atoms with E-state index in [1.165, 1.54) is 6.92 Å². The Hall–Kier alpha value is -3.35. The Kier molecular flexibility index (Phi) is 6.95. The van der Waals surface area contributed by atoms with Crippen molar-refractivity contribution in [3.05, 3.63) is 59.7 Å². The highest BCUT2D eigenvalue weighted by Crippen LogP contribution is 2.44. The Balaban J connectivity index is 1.58. The van der Waals surface area contributed by atoms with Gasteiger partial charge in [-0.2, -0.15) is 0 Å². The van der Waals surface area contributed by atoms with Gasteiger partial charge in [0.25, 0.3) is 0 Å². The summed E-state index contributed by atoms with van der Waals surface area (Å²) < 4.78 is 5.43. The first-order valence-electron chi connectivity index (χ1n) is 10.4.